The first-order chi connectivity index (χ1) is 12.2. The fourth-order valence-electron chi connectivity index (χ4n) is 2.84. The number of likely N-dealkylation sites (tertiary alicyclic amines) is 1. The molecule has 1 aromatic heterocycles. The molecule has 0 unspecified atom stereocenters. The summed E-state index contributed by atoms with van der Waals surface area (Å²) in [6.07, 6.45) is 3.86. The number of amides is 1. The second-order valence-electron chi connectivity index (χ2n) is 5.85. The highest BCUT2D eigenvalue weighted by atomic mass is 32.2. The van der Waals surface area contributed by atoms with Crippen LogP contribution in [0.3, 0.4) is 0 Å². The van der Waals surface area contributed by atoms with Gasteiger partial charge < -0.3 is 14.4 Å². The maximum absolute atomic E-state index is 12.3. The number of benzene rings is 1. The molecule has 0 atom stereocenters. The van der Waals surface area contributed by atoms with Gasteiger partial charge in [0, 0.05) is 30.6 Å². The third-order valence-corrected chi connectivity index (χ3v) is 5.23. The number of nitrogens with zero attached hydrogens (tertiary/aromatic N) is 2. The molecule has 1 amide bonds. The zero-order valence-corrected chi connectivity index (χ0v) is 15.3. The van der Waals surface area contributed by atoms with Gasteiger partial charge in [-0.3, -0.25) is 4.79 Å². The van der Waals surface area contributed by atoms with Crippen molar-refractivity contribution in [3.63, 3.8) is 0 Å². The molecule has 0 spiro atoms. The first-order valence-electron chi connectivity index (χ1n) is 8.30. The number of thioether (sulfide) groups is 1. The third-order valence-electron chi connectivity index (χ3n) is 4.24. The predicted octanol–water partition coefficient (Wildman–Crippen LogP) is 3.63. The second-order valence-corrected chi connectivity index (χ2v) is 6.85. The molecule has 132 valence electrons. The molecule has 1 aromatic carbocycles. The van der Waals surface area contributed by atoms with Crippen LogP contribution < -0.4 is 9.47 Å². The van der Waals surface area contributed by atoms with E-state index in [-0.39, 0.29) is 5.91 Å². The molecule has 0 saturated carbocycles. The maximum Gasteiger partial charge on any atom is 0.255 e. The summed E-state index contributed by atoms with van der Waals surface area (Å²) in [6.45, 7) is 1.70. The average molecular weight is 358 g/mol. The van der Waals surface area contributed by atoms with Crippen LogP contribution in [0.1, 0.15) is 28.8 Å². The van der Waals surface area contributed by atoms with E-state index in [0.717, 1.165) is 48.0 Å². The Morgan fingerprint density at radius 3 is 2.60 bits per heavy atom. The summed E-state index contributed by atoms with van der Waals surface area (Å²) in [6, 6.07) is 9.51. The van der Waals surface area contributed by atoms with E-state index >= 15 is 0 Å². The van der Waals surface area contributed by atoms with Crippen molar-refractivity contribution < 1.29 is 14.3 Å². The minimum absolute atomic E-state index is 0.0796. The highest BCUT2D eigenvalue weighted by Crippen LogP contribution is 2.30. The van der Waals surface area contributed by atoms with E-state index in [9.17, 15) is 4.79 Å². The molecule has 0 bridgehead atoms. The molecule has 1 aliphatic heterocycles. The van der Waals surface area contributed by atoms with Crippen molar-refractivity contribution in [2.24, 2.45) is 0 Å². The Morgan fingerprint density at radius 1 is 1.16 bits per heavy atom. The van der Waals surface area contributed by atoms with E-state index in [1.54, 1.807) is 32.2 Å². The minimum atomic E-state index is 0.0796. The van der Waals surface area contributed by atoms with E-state index in [2.05, 4.69) is 4.98 Å². The van der Waals surface area contributed by atoms with Gasteiger partial charge in [0.2, 0.25) is 0 Å². The Kier molecular flexibility index (Phi) is 5.81. The molecular weight excluding hydrogens is 336 g/mol. The highest BCUT2D eigenvalue weighted by molar-refractivity contribution is 7.98. The van der Waals surface area contributed by atoms with Gasteiger partial charge in [0.25, 0.3) is 5.91 Å². The molecule has 3 rings (SSSR count). The second kappa shape index (κ2) is 8.25. The van der Waals surface area contributed by atoms with Crippen molar-refractivity contribution >= 4 is 17.7 Å². The molecule has 2 aromatic rings. The number of carbonyl (C=O) groups excluding carboxylic acids is 1. The van der Waals surface area contributed by atoms with Gasteiger partial charge >= 0.3 is 0 Å². The number of rotatable bonds is 6. The average Bonchev–Trinajstić information content (AvgIpc) is 3.20. The largest absolute Gasteiger partial charge is 0.497 e. The molecule has 6 heteroatoms. The minimum Gasteiger partial charge on any atom is -0.497 e. The quantitative estimate of drug-likeness (QED) is 0.738. The summed E-state index contributed by atoms with van der Waals surface area (Å²) in [5.74, 6) is 2.42. The topological polar surface area (TPSA) is 51.7 Å². The number of carbonyl (C=O) groups is 1. The normalized spacial score (nSPS) is 13.8. The maximum atomic E-state index is 12.3. The van der Waals surface area contributed by atoms with Crippen LogP contribution >= 0.6 is 11.8 Å². The molecule has 0 radical (unpaired) electrons. The van der Waals surface area contributed by atoms with Crippen molar-refractivity contribution in [1.29, 1.82) is 0 Å². The van der Waals surface area contributed by atoms with Gasteiger partial charge in [-0.25, -0.2) is 4.98 Å². The lowest BCUT2D eigenvalue weighted by atomic mass is 10.2. The van der Waals surface area contributed by atoms with Crippen LogP contribution in [0.2, 0.25) is 0 Å². The van der Waals surface area contributed by atoms with Crippen LogP contribution in [0.5, 0.6) is 11.5 Å². The Morgan fingerprint density at radius 2 is 1.96 bits per heavy atom. The lowest BCUT2D eigenvalue weighted by molar-refractivity contribution is 0.0792. The summed E-state index contributed by atoms with van der Waals surface area (Å²) in [4.78, 5) is 18.7. The van der Waals surface area contributed by atoms with Gasteiger partial charge in [0.05, 0.1) is 24.8 Å². The summed E-state index contributed by atoms with van der Waals surface area (Å²) >= 11 is 1.60. The van der Waals surface area contributed by atoms with E-state index in [1.807, 2.05) is 35.2 Å². The third kappa shape index (κ3) is 4.25. The molecule has 25 heavy (non-hydrogen) atoms. The molecule has 0 N–H and O–H groups in total. The molecule has 1 fully saturated rings. The number of aromatic nitrogens is 1. The van der Waals surface area contributed by atoms with Gasteiger partial charge in [0.1, 0.15) is 11.5 Å². The molecule has 2 heterocycles. The number of methoxy groups -OCH3 is 2. The Balaban J connectivity index is 1.65. The zero-order chi connectivity index (χ0) is 17.6. The fraction of sp³-hybridized carbons (Fsp3) is 0.368. The summed E-state index contributed by atoms with van der Waals surface area (Å²) < 4.78 is 10.7. The summed E-state index contributed by atoms with van der Waals surface area (Å²) in [5.41, 5.74) is 1.70. The lowest BCUT2D eigenvalue weighted by Gasteiger charge is -2.15. The summed E-state index contributed by atoms with van der Waals surface area (Å²) in [7, 11) is 3.31. The Labute approximate surface area is 152 Å². The molecule has 5 nitrogen and oxygen atoms in total. The Bertz CT molecular complexity index is 728. The van der Waals surface area contributed by atoms with E-state index in [0.29, 0.717) is 11.3 Å². The molecule has 0 aliphatic carbocycles. The predicted molar refractivity (Wildman–Crippen MR) is 98.5 cm³/mol. The smallest absolute Gasteiger partial charge is 0.255 e. The monoisotopic (exact) mass is 358 g/mol. The van der Waals surface area contributed by atoms with Crippen molar-refractivity contribution in [1.82, 2.24) is 9.88 Å². The van der Waals surface area contributed by atoms with Crippen LogP contribution in [0, 0.1) is 0 Å². The van der Waals surface area contributed by atoms with Crippen LogP contribution in [0.15, 0.2) is 41.6 Å². The van der Waals surface area contributed by atoms with Gasteiger partial charge in [-0.05, 0) is 43.2 Å². The number of hydrogen-bond donors (Lipinski definition) is 0. The fourth-order valence-corrected chi connectivity index (χ4v) is 3.66. The number of ether oxygens (including phenoxy) is 2. The SMILES string of the molecule is COc1ccc(OC)c(CSc2ccc(C(=O)N3CCCC3)cn2)c1. The van der Waals surface area contributed by atoms with Gasteiger partial charge in [-0.15, -0.1) is 11.8 Å². The van der Waals surface area contributed by atoms with E-state index in [1.165, 1.54) is 0 Å². The van der Waals surface area contributed by atoms with E-state index in [4.69, 9.17) is 9.47 Å². The van der Waals surface area contributed by atoms with Gasteiger partial charge in [-0.2, -0.15) is 0 Å². The van der Waals surface area contributed by atoms with Gasteiger partial charge in [-0.1, -0.05) is 0 Å². The van der Waals surface area contributed by atoms with Gasteiger partial charge in [0.15, 0.2) is 0 Å². The van der Waals surface area contributed by atoms with E-state index < -0.39 is 0 Å². The number of pyridine rings is 1. The van der Waals surface area contributed by atoms with Crippen LogP contribution in [0.4, 0.5) is 0 Å². The summed E-state index contributed by atoms with van der Waals surface area (Å²) in [5, 5.41) is 0.878. The van der Waals surface area contributed by atoms with Crippen LogP contribution in [0.25, 0.3) is 0 Å². The molecular formula is C19H22N2O3S. The van der Waals surface area contributed by atoms with Crippen LogP contribution in [-0.4, -0.2) is 43.1 Å². The van der Waals surface area contributed by atoms with Crippen LogP contribution in [-0.2, 0) is 5.75 Å². The highest BCUT2D eigenvalue weighted by Gasteiger charge is 2.19. The van der Waals surface area contributed by atoms with Crippen molar-refractivity contribution in [2.45, 2.75) is 23.6 Å². The first kappa shape index (κ1) is 17.6. The first-order valence-corrected chi connectivity index (χ1v) is 9.29. The Hall–Kier alpha value is -2.21. The zero-order valence-electron chi connectivity index (χ0n) is 14.5. The standard InChI is InChI=1S/C19H22N2O3S/c1-23-16-6-7-17(24-2)15(11-16)13-25-18-8-5-14(12-20-18)19(22)21-9-3-4-10-21/h5-8,11-12H,3-4,9-10,13H2,1-2H3. The van der Waals surface area contributed by atoms with Crippen molar-refractivity contribution in [2.75, 3.05) is 27.3 Å². The number of hydrogen-bond acceptors (Lipinski definition) is 5. The van der Waals surface area contributed by atoms with Crippen molar-refractivity contribution in [3.05, 3.63) is 47.7 Å². The molecule has 1 saturated heterocycles. The molecule has 1 aliphatic rings. The van der Waals surface area contributed by atoms with Crippen molar-refractivity contribution in [3.8, 4) is 11.5 Å². The lowest BCUT2D eigenvalue weighted by Crippen LogP contribution is -2.27.